The first kappa shape index (κ1) is 7.56. The summed E-state index contributed by atoms with van der Waals surface area (Å²) in [5, 5.41) is 0. The number of hydrogen-bond acceptors (Lipinski definition) is 2. The first-order valence-corrected chi connectivity index (χ1v) is 4.69. The minimum atomic E-state index is 0.551. The molecule has 0 radical (unpaired) electrons. The van der Waals surface area contributed by atoms with E-state index < -0.39 is 0 Å². The molecule has 0 spiro atoms. The van der Waals surface area contributed by atoms with Crippen LogP contribution in [0.4, 0.5) is 0 Å². The van der Waals surface area contributed by atoms with Crippen LogP contribution in [0.3, 0.4) is 0 Å². The van der Waals surface area contributed by atoms with Gasteiger partial charge in [0.15, 0.2) is 0 Å². The van der Waals surface area contributed by atoms with Crippen LogP contribution in [0.25, 0.3) is 0 Å². The van der Waals surface area contributed by atoms with Crippen LogP contribution in [0.15, 0.2) is 0 Å². The quantitative estimate of drug-likeness (QED) is 0.638. The van der Waals surface area contributed by atoms with E-state index in [4.69, 9.17) is 5.73 Å². The van der Waals surface area contributed by atoms with Crippen molar-refractivity contribution >= 4 is 0 Å². The fraction of sp³-hybridized carbons (Fsp3) is 1.00. The summed E-state index contributed by atoms with van der Waals surface area (Å²) in [5.41, 5.74) is 6.31. The lowest BCUT2D eigenvalue weighted by atomic mass is 10.0. The number of fused-ring (bicyclic) bond motifs is 1. The summed E-state index contributed by atoms with van der Waals surface area (Å²) in [6.07, 6.45) is 2.70. The lowest BCUT2D eigenvalue weighted by Gasteiger charge is -2.21. The zero-order valence-corrected chi connectivity index (χ0v) is 7.51. The molecule has 0 aromatic carbocycles. The highest BCUT2D eigenvalue weighted by atomic mass is 15.3. The molecule has 1 heterocycles. The van der Waals surface area contributed by atoms with Crippen molar-refractivity contribution in [2.24, 2.45) is 11.1 Å². The minimum Gasteiger partial charge on any atom is -0.330 e. The highest BCUT2D eigenvalue weighted by Crippen LogP contribution is 2.58. The third-order valence-electron chi connectivity index (χ3n) is 3.59. The van der Waals surface area contributed by atoms with Crippen molar-refractivity contribution in [1.82, 2.24) is 4.90 Å². The monoisotopic (exact) mass is 154 g/mol. The highest BCUT2D eigenvalue weighted by Gasteiger charge is 2.61. The third-order valence-corrected chi connectivity index (χ3v) is 3.59. The fourth-order valence-electron chi connectivity index (χ4n) is 2.86. The highest BCUT2D eigenvalue weighted by molar-refractivity contribution is 5.16. The number of nitrogens with zero attached hydrogens (tertiary/aromatic N) is 1. The molecule has 2 heteroatoms. The van der Waals surface area contributed by atoms with Crippen LogP contribution in [0.5, 0.6) is 0 Å². The Morgan fingerprint density at radius 2 is 2.27 bits per heavy atom. The molecule has 1 unspecified atom stereocenters. The number of rotatable bonds is 2. The molecule has 2 fully saturated rings. The van der Waals surface area contributed by atoms with Gasteiger partial charge in [-0.05, 0) is 32.9 Å². The molecule has 64 valence electrons. The van der Waals surface area contributed by atoms with E-state index in [1.54, 1.807) is 0 Å². The van der Waals surface area contributed by atoms with E-state index in [-0.39, 0.29) is 0 Å². The molecule has 2 aliphatic rings. The van der Waals surface area contributed by atoms with E-state index in [1.165, 1.54) is 19.4 Å². The smallest absolute Gasteiger partial charge is 0.0174 e. The van der Waals surface area contributed by atoms with Gasteiger partial charge >= 0.3 is 0 Å². The maximum Gasteiger partial charge on any atom is 0.0174 e. The Balaban J connectivity index is 2.08. The van der Waals surface area contributed by atoms with Crippen molar-refractivity contribution in [1.29, 1.82) is 0 Å². The van der Waals surface area contributed by atoms with Gasteiger partial charge in [0.1, 0.15) is 0 Å². The Kier molecular flexibility index (Phi) is 1.52. The van der Waals surface area contributed by atoms with Gasteiger partial charge < -0.3 is 5.73 Å². The van der Waals surface area contributed by atoms with E-state index in [0.717, 1.165) is 18.6 Å². The van der Waals surface area contributed by atoms with Crippen molar-refractivity contribution in [3.63, 3.8) is 0 Å². The summed E-state index contributed by atoms with van der Waals surface area (Å²) in [6.45, 7) is 6.68. The molecule has 2 rings (SSSR count). The van der Waals surface area contributed by atoms with Crippen LogP contribution < -0.4 is 5.73 Å². The van der Waals surface area contributed by atoms with E-state index in [1.807, 2.05) is 0 Å². The summed E-state index contributed by atoms with van der Waals surface area (Å²) >= 11 is 0. The molecule has 1 aliphatic carbocycles. The predicted molar refractivity (Wildman–Crippen MR) is 46.4 cm³/mol. The van der Waals surface area contributed by atoms with Gasteiger partial charge in [-0.1, -0.05) is 6.92 Å². The van der Waals surface area contributed by atoms with Crippen LogP contribution in [0.2, 0.25) is 0 Å². The Morgan fingerprint density at radius 3 is 2.64 bits per heavy atom. The van der Waals surface area contributed by atoms with Crippen molar-refractivity contribution in [2.45, 2.75) is 38.8 Å². The predicted octanol–water partition coefficient (Wildman–Crippen LogP) is 0.818. The Morgan fingerprint density at radius 1 is 1.55 bits per heavy atom. The molecule has 2 N–H and O–H groups in total. The molecule has 3 atom stereocenters. The molecule has 2 nitrogen and oxygen atoms in total. The van der Waals surface area contributed by atoms with Gasteiger partial charge in [0.2, 0.25) is 0 Å². The second kappa shape index (κ2) is 2.20. The summed E-state index contributed by atoms with van der Waals surface area (Å²) in [4.78, 5) is 2.60. The van der Waals surface area contributed by atoms with Gasteiger partial charge in [-0.25, -0.2) is 0 Å². The summed E-state index contributed by atoms with van der Waals surface area (Å²) < 4.78 is 0. The number of nitrogens with two attached hydrogens (primary N) is 1. The molecule has 11 heavy (non-hydrogen) atoms. The fourth-order valence-corrected chi connectivity index (χ4v) is 2.86. The maximum absolute atomic E-state index is 5.76. The molecular weight excluding hydrogens is 136 g/mol. The van der Waals surface area contributed by atoms with E-state index in [2.05, 4.69) is 18.7 Å². The van der Waals surface area contributed by atoms with Crippen molar-refractivity contribution < 1.29 is 0 Å². The molecular formula is C9H18N2. The topological polar surface area (TPSA) is 29.3 Å². The minimum absolute atomic E-state index is 0.551. The molecule has 1 saturated heterocycles. The average molecular weight is 154 g/mol. The third kappa shape index (κ3) is 0.859. The van der Waals surface area contributed by atoms with Gasteiger partial charge in [-0.15, -0.1) is 0 Å². The van der Waals surface area contributed by atoms with Crippen LogP contribution in [0.1, 0.15) is 26.7 Å². The van der Waals surface area contributed by atoms with Crippen LogP contribution in [-0.2, 0) is 0 Å². The molecule has 0 bridgehead atoms. The molecule has 0 aromatic heterocycles. The second-order valence-electron chi connectivity index (χ2n) is 4.17. The summed E-state index contributed by atoms with van der Waals surface area (Å²) in [6, 6.07) is 1.62. The van der Waals surface area contributed by atoms with E-state index in [0.29, 0.717) is 5.41 Å². The van der Waals surface area contributed by atoms with Crippen molar-refractivity contribution in [2.75, 3.05) is 13.1 Å². The summed E-state index contributed by atoms with van der Waals surface area (Å²) in [5.74, 6) is 0. The molecule has 1 aliphatic heterocycles. The van der Waals surface area contributed by atoms with Gasteiger partial charge in [-0.2, -0.15) is 0 Å². The van der Waals surface area contributed by atoms with E-state index in [9.17, 15) is 0 Å². The zero-order valence-electron chi connectivity index (χ0n) is 7.51. The largest absolute Gasteiger partial charge is 0.330 e. The molecule has 0 amide bonds. The van der Waals surface area contributed by atoms with Gasteiger partial charge in [-0.3, -0.25) is 4.90 Å². The normalized spacial score (nSPS) is 49.4. The number of piperidine rings is 1. The molecule has 0 aromatic rings. The number of likely N-dealkylation sites (tertiary alicyclic amines) is 1. The van der Waals surface area contributed by atoms with Crippen LogP contribution in [0, 0.1) is 5.41 Å². The Bertz CT molecular complexity index is 169. The first-order chi connectivity index (χ1) is 5.23. The van der Waals surface area contributed by atoms with Crippen molar-refractivity contribution in [3.05, 3.63) is 0 Å². The lowest BCUT2D eigenvalue weighted by Crippen LogP contribution is -2.30. The second-order valence-corrected chi connectivity index (χ2v) is 4.17. The van der Waals surface area contributed by atoms with Crippen LogP contribution in [-0.4, -0.2) is 30.1 Å². The maximum atomic E-state index is 5.76. The first-order valence-electron chi connectivity index (χ1n) is 4.69. The van der Waals surface area contributed by atoms with E-state index >= 15 is 0 Å². The van der Waals surface area contributed by atoms with Gasteiger partial charge in [0, 0.05) is 17.5 Å². The standard InChI is InChI=1S/C9H18N2/c1-3-11-7(2)4-9(6-10)5-8(9)11/h7-8H,3-6,10H2,1-2H3/t7?,8-,9+/m1/s1. The van der Waals surface area contributed by atoms with Crippen LogP contribution >= 0.6 is 0 Å². The summed E-state index contributed by atoms with van der Waals surface area (Å²) in [7, 11) is 0. The Hall–Kier alpha value is -0.0800. The number of hydrogen-bond donors (Lipinski definition) is 1. The molecule has 1 saturated carbocycles. The van der Waals surface area contributed by atoms with Gasteiger partial charge in [0.25, 0.3) is 0 Å². The average Bonchev–Trinajstić information content (AvgIpc) is 2.61. The van der Waals surface area contributed by atoms with Crippen molar-refractivity contribution in [3.8, 4) is 0 Å². The lowest BCUT2D eigenvalue weighted by molar-refractivity contribution is 0.244. The SMILES string of the molecule is CCN1C(C)C[C@@]2(CN)C[C@@H]12. The zero-order chi connectivity index (χ0) is 8.06. The van der Waals surface area contributed by atoms with Gasteiger partial charge in [0.05, 0.1) is 0 Å². The Labute approximate surface area is 68.7 Å².